The van der Waals surface area contributed by atoms with Crippen molar-refractivity contribution in [2.75, 3.05) is 47.3 Å². The fraction of sp³-hybridized carbons (Fsp3) is 0.868. The van der Waals surface area contributed by atoms with E-state index in [4.69, 9.17) is 47.4 Å². The first kappa shape index (κ1) is 48.2. The lowest BCUT2D eigenvalue weighted by Gasteiger charge is -2.54. The Bertz CT molecular complexity index is 1200. The summed E-state index contributed by atoms with van der Waals surface area (Å²) in [4.78, 5) is 63.5. The van der Waals surface area contributed by atoms with Crippen LogP contribution < -0.4 is 5.32 Å². The predicted octanol–water partition coefficient (Wildman–Crippen LogP) is 2.54. The van der Waals surface area contributed by atoms with Crippen LogP contribution in [-0.4, -0.2) is 143 Å². The number of carbonyl (C=O) groups excluding carboxylic acids is 5. The predicted molar refractivity (Wildman–Crippen MR) is 194 cm³/mol. The van der Waals surface area contributed by atoms with Crippen LogP contribution in [0.3, 0.4) is 0 Å². The van der Waals surface area contributed by atoms with Crippen LogP contribution in [0.2, 0.25) is 0 Å². The second-order valence-electron chi connectivity index (χ2n) is 14.0. The Labute approximate surface area is 325 Å². The van der Waals surface area contributed by atoms with Crippen LogP contribution in [-0.2, 0) is 71.3 Å². The molecule has 55 heavy (non-hydrogen) atoms. The number of rotatable bonds is 24. The van der Waals surface area contributed by atoms with E-state index >= 15 is 0 Å². The van der Waals surface area contributed by atoms with Gasteiger partial charge in [0.05, 0.1) is 32.0 Å². The summed E-state index contributed by atoms with van der Waals surface area (Å²) in [6.45, 7) is 11.4. The van der Waals surface area contributed by atoms with Crippen molar-refractivity contribution in [2.45, 2.75) is 160 Å². The lowest BCUT2D eigenvalue weighted by molar-refractivity contribution is -0.326. The van der Waals surface area contributed by atoms with Crippen molar-refractivity contribution in [1.82, 2.24) is 5.32 Å². The number of nitrogens with one attached hydrogen (secondary N) is 1. The first-order chi connectivity index (χ1) is 26.2. The molecule has 17 nitrogen and oxygen atoms in total. The topological polar surface area (TPSA) is 210 Å². The molecule has 2 fully saturated rings. The molecule has 0 aromatic carbocycles. The fourth-order valence-corrected chi connectivity index (χ4v) is 6.99. The van der Waals surface area contributed by atoms with Crippen molar-refractivity contribution < 1.29 is 76.4 Å². The van der Waals surface area contributed by atoms with Gasteiger partial charge in [0.15, 0.2) is 11.9 Å². The van der Waals surface area contributed by atoms with Gasteiger partial charge in [0.25, 0.3) is 0 Å². The molecular formula is C38H65NO16. The maximum atomic E-state index is 14.3. The van der Waals surface area contributed by atoms with Gasteiger partial charge in [-0.3, -0.25) is 19.2 Å². The van der Waals surface area contributed by atoms with Crippen LogP contribution in [0.25, 0.3) is 0 Å². The average Bonchev–Trinajstić information content (AvgIpc) is 3.12. The summed E-state index contributed by atoms with van der Waals surface area (Å²) in [6.07, 6.45) is -5.50. The Balaban J connectivity index is 2.87. The first-order valence-corrected chi connectivity index (χ1v) is 19.4. The summed E-state index contributed by atoms with van der Waals surface area (Å²) in [6, 6.07) is -1.13. The molecule has 2 rings (SSSR count). The molecule has 0 aromatic heterocycles. The zero-order chi connectivity index (χ0) is 41.1. The zero-order valence-corrected chi connectivity index (χ0v) is 34.0. The molecule has 2 saturated heterocycles. The number of aliphatic hydroxyl groups is 1. The van der Waals surface area contributed by atoms with Crippen molar-refractivity contribution >= 4 is 29.8 Å². The highest BCUT2D eigenvalue weighted by atomic mass is 16.7. The fourth-order valence-electron chi connectivity index (χ4n) is 6.99. The summed E-state index contributed by atoms with van der Waals surface area (Å²) in [5, 5.41) is 15.7. The Morgan fingerprint density at radius 2 is 1.45 bits per heavy atom. The van der Waals surface area contributed by atoms with Gasteiger partial charge in [-0.2, -0.15) is 0 Å². The molecule has 2 aliphatic rings. The molecule has 1 amide bonds. The Hall–Kier alpha value is -2.93. The Morgan fingerprint density at radius 3 is 1.98 bits per heavy atom. The Morgan fingerprint density at radius 1 is 0.836 bits per heavy atom. The highest BCUT2D eigenvalue weighted by Crippen LogP contribution is 2.44. The van der Waals surface area contributed by atoms with Crippen LogP contribution >= 0.6 is 0 Å². The molecule has 5 unspecified atom stereocenters. The third-order valence-electron chi connectivity index (χ3n) is 9.50. The van der Waals surface area contributed by atoms with Gasteiger partial charge in [-0.1, -0.05) is 40.0 Å². The molecule has 318 valence electrons. The second kappa shape index (κ2) is 24.6. The normalized spacial score (nSPS) is 29.1. The van der Waals surface area contributed by atoms with Crippen molar-refractivity contribution in [3.05, 3.63) is 0 Å². The number of aliphatic hydroxyl groups excluding tert-OH is 1. The van der Waals surface area contributed by atoms with E-state index in [1.807, 2.05) is 20.8 Å². The lowest BCUT2D eigenvalue weighted by Crippen LogP contribution is -2.72. The number of amides is 1. The highest BCUT2D eigenvalue weighted by molar-refractivity contribution is 5.81. The zero-order valence-electron chi connectivity index (χ0n) is 34.0. The van der Waals surface area contributed by atoms with Gasteiger partial charge in [0, 0.05) is 73.4 Å². The van der Waals surface area contributed by atoms with E-state index in [9.17, 15) is 29.1 Å². The molecule has 2 N–H and O–H groups in total. The molecule has 0 spiro atoms. The molecule has 0 aliphatic carbocycles. The van der Waals surface area contributed by atoms with Crippen molar-refractivity contribution in [2.24, 2.45) is 5.92 Å². The summed E-state index contributed by atoms with van der Waals surface area (Å²) in [5.41, 5.74) is -2.32. The van der Waals surface area contributed by atoms with Crippen molar-refractivity contribution in [1.29, 1.82) is 0 Å². The molecule has 0 bridgehead atoms. The van der Waals surface area contributed by atoms with E-state index in [1.165, 1.54) is 21.0 Å². The molecule has 2 heterocycles. The van der Waals surface area contributed by atoms with E-state index in [2.05, 4.69) is 5.32 Å². The largest absolute Gasteiger partial charge is 0.467 e. The smallest absolute Gasteiger partial charge is 0.341 e. The van der Waals surface area contributed by atoms with Gasteiger partial charge in [0.2, 0.25) is 5.91 Å². The third-order valence-corrected chi connectivity index (χ3v) is 9.50. The van der Waals surface area contributed by atoms with Gasteiger partial charge >= 0.3 is 23.9 Å². The Kier molecular flexibility index (Phi) is 21.6. The summed E-state index contributed by atoms with van der Waals surface area (Å²) < 4.78 is 59.5. The van der Waals surface area contributed by atoms with Crippen molar-refractivity contribution in [3.63, 3.8) is 0 Å². The standard InChI is InChI=1S/C38H65NO16/c1-10-13-16-48-22-30-33(49-17-14-11-2)31(34(36(46-8)54-30)50-18-15-12-3)35(44)38(37(45)47-9)20-29(53-26(7)43)32(39-23(4)40)28(55-38)19-27(52-25(6)42)21-51-24(5)41/h27-36,44H,10-22H2,1-9H3,(H,39,40)/t27?,28?,29-,30?,31+,32+,33+,34?,35?,36-,38+/m1/s1. The van der Waals surface area contributed by atoms with Crippen molar-refractivity contribution in [3.8, 4) is 0 Å². The van der Waals surface area contributed by atoms with Crippen LogP contribution in [0, 0.1) is 5.92 Å². The van der Waals surface area contributed by atoms with Gasteiger partial charge in [-0.15, -0.1) is 0 Å². The van der Waals surface area contributed by atoms with Gasteiger partial charge in [-0.05, 0) is 19.3 Å². The first-order valence-electron chi connectivity index (χ1n) is 19.4. The molecule has 0 radical (unpaired) electrons. The number of hydrogen-bond donors (Lipinski definition) is 2. The number of carbonyl (C=O) groups is 5. The van der Waals surface area contributed by atoms with Gasteiger partial charge in [-0.25, -0.2) is 4.79 Å². The minimum Gasteiger partial charge on any atom is -0.467 e. The monoisotopic (exact) mass is 791 g/mol. The molecule has 0 saturated carbocycles. The number of hydrogen-bond acceptors (Lipinski definition) is 16. The van der Waals surface area contributed by atoms with Crippen LogP contribution in [0.5, 0.6) is 0 Å². The molecule has 0 aromatic rings. The van der Waals surface area contributed by atoms with Gasteiger partial charge in [0.1, 0.15) is 37.1 Å². The highest BCUT2D eigenvalue weighted by Gasteiger charge is 2.64. The molecule has 17 heteroatoms. The minimum absolute atomic E-state index is 0.0666. The summed E-state index contributed by atoms with van der Waals surface area (Å²) >= 11 is 0. The van der Waals surface area contributed by atoms with Crippen LogP contribution in [0.15, 0.2) is 0 Å². The van der Waals surface area contributed by atoms with E-state index in [-0.39, 0.29) is 26.2 Å². The minimum atomic E-state index is -2.32. The average molecular weight is 792 g/mol. The number of unbranched alkanes of at least 4 members (excludes halogenated alkanes) is 3. The second-order valence-corrected chi connectivity index (χ2v) is 14.0. The maximum absolute atomic E-state index is 14.3. The molecule has 11 atom stereocenters. The van der Waals surface area contributed by atoms with E-state index in [1.54, 1.807) is 0 Å². The maximum Gasteiger partial charge on any atom is 0.341 e. The number of ether oxygens (including phenoxy) is 10. The SMILES string of the molecule is CCCCOCC1O[C@@H](OC)C(OCCCC)[C@@H](C(O)[C@]2(C(=O)OC)C[C@@H](OC(C)=O)[C@@H](NC(C)=O)C(CC(COC(C)=O)OC(C)=O)O2)[C@H]1OCCCC. The number of methoxy groups -OCH3 is 2. The van der Waals surface area contributed by atoms with E-state index < -0.39 is 109 Å². The van der Waals surface area contributed by atoms with Gasteiger partial charge < -0.3 is 57.8 Å². The van der Waals surface area contributed by atoms with E-state index in [0.717, 1.165) is 46.6 Å². The number of esters is 4. The lowest BCUT2D eigenvalue weighted by atomic mass is 9.72. The van der Waals surface area contributed by atoms with Crippen LogP contribution in [0.4, 0.5) is 0 Å². The summed E-state index contributed by atoms with van der Waals surface area (Å²) in [7, 11) is 2.56. The molecular weight excluding hydrogens is 726 g/mol. The van der Waals surface area contributed by atoms with Crippen LogP contribution in [0.1, 0.15) is 99.8 Å². The third kappa shape index (κ3) is 14.5. The molecule has 2 aliphatic heterocycles. The van der Waals surface area contributed by atoms with E-state index in [0.29, 0.717) is 19.4 Å². The quantitative estimate of drug-likeness (QED) is 0.0818. The summed E-state index contributed by atoms with van der Waals surface area (Å²) in [5.74, 6) is -4.77.